The van der Waals surface area contributed by atoms with Crippen LogP contribution in [0.1, 0.15) is 35.7 Å². The molecular formula is C18H24IN3OS. The molecule has 1 aliphatic heterocycles. The Balaban J connectivity index is 0.00000208. The maximum Gasteiger partial charge on any atom is 0.191 e. The summed E-state index contributed by atoms with van der Waals surface area (Å²) in [5.41, 5.74) is 1.29. The number of ether oxygens (including phenoxy) is 1. The van der Waals surface area contributed by atoms with Crippen LogP contribution in [0.15, 0.2) is 46.8 Å². The molecule has 2 N–H and O–H groups in total. The summed E-state index contributed by atoms with van der Waals surface area (Å²) in [5, 5.41) is 9.01. The van der Waals surface area contributed by atoms with Gasteiger partial charge in [0.05, 0.1) is 12.6 Å². The average Bonchev–Trinajstić information content (AvgIpc) is 3.13. The van der Waals surface area contributed by atoms with E-state index in [0.29, 0.717) is 5.92 Å². The highest BCUT2D eigenvalue weighted by Crippen LogP contribution is 2.32. The Morgan fingerprint density at radius 2 is 2.17 bits per heavy atom. The van der Waals surface area contributed by atoms with Crippen LogP contribution in [0.25, 0.3) is 0 Å². The highest BCUT2D eigenvalue weighted by Gasteiger charge is 2.21. The summed E-state index contributed by atoms with van der Waals surface area (Å²) < 4.78 is 5.73. The number of para-hydroxylation sites is 1. The van der Waals surface area contributed by atoms with Gasteiger partial charge in [0, 0.05) is 24.4 Å². The minimum Gasteiger partial charge on any atom is -0.493 e. The molecule has 3 rings (SSSR count). The van der Waals surface area contributed by atoms with E-state index in [1.54, 1.807) is 11.3 Å². The van der Waals surface area contributed by atoms with Crippen LogP contribution in [-0.4, -0.2) is 26.2 Å². The van der Waals surface area contributed by atoms with Crippen LogP contribution in [0.3, 0.4) is 0 Å². The van der Waals surface area contributed by atoms with E-state index in [0.717, 1.165) is 31.3 Å². The second kappa shape index (κ2) is 9.27. The van der Waals surface area contributed by atoms with E-state index in [9.17, 15) is 0 Å². The van der Waals surface area contributed by atoms with Gasteiger partial charge in [-0.3, -0.25) is 4.99 Å². The number of nitrogens with zero attached hydrogens (tertiary/aromatic N) is 1. The number of thiophene rings is 1. The van der Waals surface area contributed by atoms with Gasteiger partial charge in [0.2, 0.25) is 0 Å². The number of nitrogens with one attached hydrogen (secondary N) is 2. The first-order valence-electron chi connectivity index (χ1n) is 8.00. The van der Waals surface area contributed by atoms with E-state index in [1.165, 1.54) is 10.4 Å². The quantitative estimate of drug-likeness (QED) is 0.412. The zero-order valence-electron chi connectivity index (χ0n) is 14.0. The van der Waals surface area contributed by atoms with Gasteiger partial charge in [-0.1, -0.05) is 24.3 Å². The number of guanidine groups is 1. The minimum atomic E-state index is 0. The Morgan fingerprint density at radius 1 is 1.33 bits per heavy atom. The van der Waals surface area contributed by atoms with Crippen molar-refractivity contribution < 1.29 is 4.74 Å². The molecule has 1 aromatic heterocycles. The van der Waals surface area contributed by atoms with E-state index in [4.69, 9.17) is 4.74 Å². The van der Waals surface area contributed by atoms with Crippen molar-refractivity contribution in [2.24, 2.45) is 4.99 Å². The maximum absolute atomic E-state index is 5.73. The van der Waals surface area contributed by atoms with Crippen molar-refractivity contribution in [2.45, 2.75) is 25.3 Å². The van der Waals surface area contributed by atoms with Crippen molar-refractivity contribution in [3.8, 4) is 5.75 Å². The highest BCUT2D eigenvalue weighted by molar-refractivity contribution is 14.0. The number of rotatable bonds is 4. The average molecular weight is 457 g/mol. The van der Waals surface area contributed by atoms with E-state index in [1.807, 2.05) is 19.2 Å². The molecule has 0 fully saturated rings. The number of hydrogen-bond acceptors (Lipinski definition) is 3. The van der Waals surface area contributed by atoms with Crippen LogP contribution >= 0.6 is 35.3 Å². The van der Waals surface area contributed by atoms with Crippen molar-refractivity contribution in [1.82, 2.24) is 10.6 Å². The van der Waals surface area contributed by atoms with Crippen molar-refractivity contribution >= 4 is 41.3 Å². The Hall–Kier alpha value is -1.28. The molecule has 0 amide bonds. The summed E-state index contributed by atoms with van der Waals surface area (Å²) in [4.78, 5) is 5.66. The number of halogens is 1. The number of benzene rings is 1. The SMILES string of the molecule is CN=C(NCC1CCOc2ccccc21)NC(C)c1cccs1.I. The molecule has 130 valence electrons. The Bertz CT molecular complexity index is 660. The van der Waals surface area contributed by atoms with Crippen LogP contribution in [0.2, 0.25) is 0 Å². The molecule has 4 nitrogen and oxygen atoms in total. The molecule has 0 saturated heterocycles. The molecule has 1 aromatic carbocycles. The predicted octanol–water partition coefficient (Wildman–Crippen LogP) is 4.16. The largest absolute Gasteiger partial charge is 0.493 e. The fraction of sp³-hybridized carbons (Fsp3) is 0.389. The Kier molecular flexibility index (Phi) is 7.36. The van der Waals surface area contributed by atoms with Gasteiger partial charge in [-0.15, -0.1) is 35.3 Å². The third kappa shape index (κ3) is 4.63. The van der Waals surface area contributed by atoms with Crippen LogP contribution in [-0.2, 0) is 0 Å². The van der Waals surface area contributed by atoms with Crippen LogP contribution < -0.4 is 15.4 Å². The van der Waals surface area contributed by atoms with E-state index in [2.05, 4.69) is 52.2 Å². The topological polar surface area (TPSA) is 45.7 Å². The van der Waals surface area contributed by atoms with Crippen molar-refractivity contribution in [3.05, 3.63) is 52.2 Å². The molecule has 1 aliphatic rings. The van der Waals surface area contributed by atoms with Gasteiger partial charge >= 0.3 is 0 Å². The molecule has 0 saturated carbocycles. The Morgan fingerprint density at radius 3 is 2.92 bits per heavy atom. The third-order valence-corrected chi connectivity index (χ3v) is 5.20. The number of aliphatic imine (C=N–C) groups is 1. The fourth-order valence-electron chi connectivity index (χ4n) is 2.86. The smallest absolute Gasteiger partial charge is 0.191 e. The first-order valence-corrected chi connectivity index (χ1v) is 8.88. The van der Waals surface area contributed by atoms with Gasteiger partial charge in [-0.2, -0.15) is 0 Å². The molecule has 0 aliphatic carbocycles. The summed E-state index contributed by atoms with van der Waals surface area (Å²) in [6.45, 7) is 3.79. The van der Waals surface area contributed by atoms with Gasteiger partial charge in [0.15, 0.2) is 5.96 Å². The van der Waals surface area contributed by atoms with E-state index in [-0.39, 0.29) is 30.0 Å². The summed E-state index contributed by atoms with van der Waals surface area (Å²) in [6.07, 6.45) is 1.03. The molecule has 0 bridgehead atoms. The lowest BCUT2D eigenvalue weighted by Crippen LogP contribution is -2.41. The Labute approximate surface area is 164 Å². The van der Waals surface area contributed by atoms with Crippen LogP contribution in [0.5, 0.6) is 5.75 Å². The van der Waals surface area contributed by atoms with Crippen molar-refractivity contribution in [1.29, 1.82) is 0 Å². The first kappa shape index (κ1) is 19.1. The molecule has 2 aromatic rings. The third-order valence-electron chi connectivity index (χ3n) is 4.15. The molecule has 24 heavy (non-hydrogen) atoms. The van der Waals surface area contributed by atoms with Gasteiger partial charge in [-0.25, -0.2) is 0 Å². The molecular weight excluding hydrogens is 433 g/mol. The van der Waals surface area contributed by atoms with Crippen molar-refractivity contribution in [2.75, 3.05) is 20.2 Å². The van der Waals surface area contributed by atoms with Gasteiger partial charge < -0.3 is 15.4 Å². The second-order valence-electron chi connectivity index (χ2n) is 5.71. The molecule has 0 spiro atoms. The maximum atomic E-state index is 5.73. The lowest BCUT2D eigenvalue weighted by Gasteiger charge is -2.27. The molecule has 2 atom stereocenters. The fourth-order valence-corrected chi connectivity index (χ4v) is 3.59. The summed E-state index contributed by atoms with van der Waals surface area (Å²) in [6, 6.07) is 12.8. The summed E-state index contributed by atoms with van der Waals surface area (Å²) in [7, 11) is 1.81. The lowest BCUT2D eigenvalue weighted by atomic mass is 9.93. The monoisotopic (exact) mass is 457 g/mol. The van der Waals surface area contributed by atoms with E-state index >= 15 is 0 Å². The molecule has 2 unspecified atom stereocenters. The summed E-state index contributed by atoms with van der Waals surface area (Å²) in [5.74, 6) is 2.31. The van der Waals surface area contributed by atoms with Crippen molar-refractivity contribution in [3.63, 3.8) is 0 Å². The van der Waals surface area contributed by atoms with Gasteiger partial charge in [0.25, 0.3) is 0 Å². The van der Waals surface area contributed by atoms with Crippen LogP contribution in [0.4, 0.5) is 0 Å². The van der Waals surface area contributed by atoms with Crippen LogP contribution in [0, 0.1) is 0 Å². The predicted molar refractivity (Wildman–Crippen MR) is 112 cm³/mol. The highest BCUT2D eigenvalue weighted by atomic mass is 127. The minimum absolute atomic E-state index is 0. The van der Waals surface area contributed by atoms with Gasteiger partial charge in [-0.05, 0) is 36.4 Å². The molecule has 0 radical (unpaired) electrons. The van der Waals surface area contributed by atoms with Gasteiger partial charge in [0.1, 0.15) is 5.75 Å². The first-order chi connectivity index (χ1) is 11.3. The lowest BCUT2D eigenvalue weighted by molar-refractivity contribution is 0.267. The van der Waals surface area contributed by atoms with E-state index < -0.39 is 0 Å². The normalized spacial score (nSPS) is 17.9. The number of fused-ring (bicyclic) bond motifs is 1. The zero-order chi connectivity index (χ0) is 16.1. The zero-order valence-corrected chi connectivity index (χ0v) is 17.1. The number of hydrogen-bond donors (Lipinski definition) is 2. The second-order valence-corrected chi connectivity index (χ2v) is 6.69. The molecule has 2 heterocycles. The summed E-state index contributed by atoms with van der Waals surface area (Å²) >= 11 is 1.76. The molecule has 6 heteroatoms. The standard InChI is InChI=1S/C18H23N3OS.HI/c1-13(17-8-5-11-23-17)21-18(19-2)20-12-14-9-10-22-16-7-4-3-6-15(14)16;/h3-8,11,13-14H,9-10,12H2,1-2H3,(H2,19,20,21);1H.